The lowest BCUT2D eigenvalue weighted by molar-refractivity contribution is -0.234. The number of ether oxygens (including phenoxy) is 4. The minimum Gasteiger partial charge on any atom is -0.439 e. The average Bonchev–Trinajstić information content (AvgIpc) is 3.17. The molecule has 23 heavy (non-hydrogen) atoms. The molecule has 0 saturated carbocycles. The van der Waals surface area contributed by atoms with E-state index in [1.807, 2.05) is 0 Å². The van der Waals surface area contributed by atoms with Gasteiger partial charge in [-0.3, -0.25) is 0 Å². The highest BCUT2D eigenvalue weighted by Gasteiger charge is 2.56. The first kappa shape index (κ1) is 16.8. The van der Waals surface area contributed by atoms with Crippen molar-refractivity contribution in [3.63, 3.8) is 0 Å². The summed E-state index contributed by atoms with van der Waals surface area (Å²) >= 11 is 0. The van der Waals surface area contributed by atoms with Crippen molar-refractivity contribution in [3.05, 3.63) is 23.9 Å². The van der Waals surface area contributed by atoms with Gasteiger partial charge in [-0.05, 0) is 19.4 Å². The van der Waals surface area contributed by atoms with Crippen LogP contribution < -0.4 is 0 Å². The fraction of sp³-hybridized carbons (Fsp3) is 0.750. The quantitative estimate of drug-likeness (QED) is 0.767. The first-order valence-electron chi connectivity index (χ1n) is 7.97. The summed E-state index contributed by atoms with van der Waals surface area (Å²) in [6.45, 7) is 2.88. The number of fused-ring (bicyclic) bond motifs is 1. The Morgan fingerprint density at radius 2 is 2.17 bits per heavy atom. The second kappa shape index (κ2) is 6.84. The van der Waals surface area contributed by atoms with Gasteiger partial charge in [0.25, 0.3) is 6.01 Å². The van der Waals surface area contributed by atoms with Gasteiger partial charge in [0, 0.05) is 0 Å². The lowest BCUT2D eigenvalue weighted by Gasteiger charge is -2.26. The van der Waals surface area contributed by atoms with Crippen molar-refractivity contribution in [3.8, 4) is 0 Å². The zero-order valence-electron chi connectivity index (χ0n) is 13.3. The highest BCUT2D eigenvalue weighted by atomic mass is 19.1. The number of hydrogen-bond donors (Lipinski definition) is 0. The van der Waals surface area contributed by atoms with Gasteiger partial charge in [0.1, 0.15) is 18.9 Å². The maximum absolute atomic E-state index is 13.4. The third-order valence-electron chi connectivity index (χ3n) is 4.23. The van der Waals surface area contributed by atoms with E-state index < -0.39 is 37.0 Å². The van der Waals surface area contributed by atoms with Crippen molar-refractivity contribution in [2.75, 3.05) is 6.67 Å². The van der Waals surface area contributed by atoms with Crippen molar-refractivity contribution in [1.29, 1.82) is 0 Å². The zero-order chi connectivity index (χ0) is 16.4. The summed E-state index contributed by atoms with van der Waals surface area (Å²) in [7, 11) is 0. The Balaban J connectivity index is 1.68. The largest absolute Gasteiger partial charge is 0.439 e. The molecule has 5 atom stereocenters. The van der Waals surface area contributed by atoms with Gasteiger partial charge in [0.05, 0.1) is 24.5 Å². The highest BCUT2D eigenvalue weighted by Crippen LogP contribution is 2.40. The molecular formula is C16H22F2O5. The number of unbranched alkanes of at least 4 members (excludes halogenated alkanes) is 1. The Morgan fingerprint density at radius 3 is 2.83 bits per heavy atom. The van der Waals surface area contributed by atoms with Gasteiger partial charge >= 0.3 is 0 Å². The van der Waals surface area contributed by atoms with Gasteiger partial charge in [-0.25, -0.2) is 4.39 Å². The van der Waals surface area contributed by atoms with E-state index in [4.69, 9.17) is 18.9 Å². The van der Waals surface area contributed by atoms with Crippen LogP contribution in [0.1, 0.15) is 38.7 Å². The van der Waals surface area contributed by atoms with Crippen LogP contribution in [-0.2, 0) is 25.6 Å². The molecule has 0 aromatic carbocycles. The normalized spacial score (nSPS) is 36.5. The van der Waals surface area contributed by atoms with Crippen molar-refractivity contribution in [2.45, 2.75) is 70.1 Å². The molecule has 1 aromatic rings. The van der Waals surface area contributed by atoms with Gasteiger partial charge in [0.15, 0.2) is 12.1 Å². The molecule has 3 heterocycles. The minimum absolute atomic E-state index is 0.0396. The molecule has 0 bridgehead atoms. The number of halogens is 2. The third-order valence-corrected chi connectivity index (χ3v) is 4.23. The Hall–Kier alpha value is -1.02. The summed E-state index contributed by atoms with van der Waals surface area (Å²) in [5.74, 6) is -1.31. The Labute approximate surface area is 133 Å². The summed E-state index contributed by atoms with van der Waals surface area (Å²) < 4.78 is 54.0. The van der Waals surface area contributed by atoms with Crippen molar-refractivity contribution in [2.24, 2.45) is 0 Å². The maximum atomic E-state index is 13.4. The maximum Gasteiger partial charge on any atom is 0.283 e. The number of alkyl halides is 1. The van der Waals surface area contributed by atoms with Crippen molar-refractivity contribution in [1.82, 2.24) is 0 Å². The summed E-state index contributed by atoms with van der Waals surface area (Å²) in [4.78, 5) is 0. The molecular weight excluding hydrogens is 310 g/mol. The van der Waals surface area contributed by atoms with Crippen LogP contribution in [0.5, 0.6) is 0 Å². The lowest BCUT2D eigenvalue weighted by atomic mass is 10.1. The Bertz CT molecular complexity index is 522. The third kappa shape index (κ3) is 3.42. The van der Waals surface area contributed by atoms with Gasteiger partial charge in [-0.15, -0.1) is 0 Å². The molecule has 130 valence electrons. The standard InChI is InChI=1S/C16H22F2O5/c1-3-4-5-11-12(20-8-10-6-7-19-14(10)18)13-15(21-11)23-16(2,9-17)22-13/h6-7,11-13,15H,3-5,8-9H2,1-2H3/t11-,12+,13-,15-,16?/m1/s1. The van der Waals surface area contributed by atoms with E-state index in [1.165, 1.54) is 19.3 Å². The van der Waals surface area contributed by atoms with E-state index in [0.29, 0.717) is 5.56 Å². The molecule has 0 radical (unpaired) electrons. The van der Waals surface area contributed by atoms with Crippen molar-refractivity contribution < 1.29 is 32.1 Å². The molecule has 7 heteroatoms. The van der Waals surface area contributed by atoms with E-state index in [1.54, 1.807) is 0 Å². The van der Waals surface area contributed by atoms with Crippen LogP contribution in [0.25, 0.3) is 0 Å². The zero-order valence-corrected chi connectivity index (χ0v) is 13.3. The first-order valence-corrected chi connectivity index (χ1v) is 7.97. The molecule has 0 N–H and O–H groups in total. The molecule has 1 unspecified atom stereocenters. The van der Waals surface area contributed by atoms with E-state index in [-0.39, 0.29) is 12.7 Å². The summed E-state index contributed by atoms with van der Waals surface area (Å²) in [6, 6.07) is 0.851. The Kier molecular flexibility index (Phi) is 5.01. The number of rotatable bonds is 7. The van der Waals surface area contributed by atoms with Crippen LogP contribution in [0.3, 0.4) is 0 Å². The fourth-order valence-corrected chi connectivity index (χ4v) is 2.98. The lowest BCUT2D eigenvalue weighted by Crippen LogP contribution is -2.38. The summed E-state index contributed by atoms with van der Waals surface area (Å²) in [5.41, 5.74) is 0.329. The van der Waals surface area contributed by atoms with Crippen LogP contribution in [0, 0.1) is 6.01 Å². The highest BCUT2D eigenvalue weighted by molar-refractivity contribution is 5.06. The fourth-order valence-electron chi connectivity index (χ4n) is 2.98. The van der Waals surface area contributed by atoms with E-state index in [2.05, 4.69) is 11.3 Å². The minimum atomic E-state index is -1.31. The molecule has 0 aliphatic carbocycles. The smallest absolute Gasteiger partial charge is 0.283 e. The predicted octanol–water partition coefficient (Wildman–Crippen LogP) is 3.32. The predicted molar refractivity (Wildman–Crippen MR) is 75.8 cm³/mol. The SMILES string of the molecule is CCCC[C@H]1O[C@@H]2OC(C)(CF)O[C@@H]2[C@H]1OCc1ccoc1F. The summed E-state index contributed by atoms with van der Waals surface area (Å²) in [6.07, 6.45) is 2.20. The molecule has 0 amide bonds. The molecule has 1 aromatic heterocycles. The molecule has 0 spiro atoms. The monoisotopic (exact) mass is 332 g/mol. The number of furan rings is 1. The van der Waals surface area contributed by atoms with Crippen molar-refractivity contribution >= 4 is 0 Å². The molecule has 2 fully saturated rings. The van der Waals surface area contributed by atoms with E-state index in [0.717, 1.165) is 19.3 Å². The topological polar surface area (TPSA) is 50.1 Å². The average molecular weight is 332 g/mol. The molecule has 3 rings (SSSR count). The summed E-state index contributed by atoms with van der Waals surface area (Å²) in [5, 5.41) is 0. The van der Waals surface area contributed by atoms with Crippen LogP contribution in [0.2, 0.25) is 0 Å². The molecule has 5 nitrogen and oxygen atoms in total. The van der Waals surface area contributed by atoms with Crippen LogP contribution in [-0.4, -0.2) is 37.1 Å². The molecule has 2 saturated heterocycles. The van der Waals surface area contributed by atoms with E-state index in [9.17, 15) is 8.78 Å². The van der Waals surface area contributed by atoms with Gasteiger partial charge < -0.3 is 23.4 Å². The number of hydrogen-bond acceptors (Lipinski definition) is 5. The van der Waals surface area contributed by atoms with Crippen LogP contribution in [0.4, 0.5) is 8.78 Å². The van der Waals surface area contributed by atoms with Gasteiger partial charge in [-0.1, -0.05) is 19.8 Å². The first-order chi connectivity index (χ1) is 11.1. The Morgan fingerprint density at radius 1 is 1.35 bits per heavy atom. The van der Waals surface area contributed by atoms with Gasteiger partial charge in [0.2, 0.25) is 0 Å². The molecule has 2 aliphatic heterocycles. The van der Waals surface area contributed by atoms with Crippen LogP contribution >= 0.6 is 0 Å². The second-order valence-electron chi connectivity index (χ2n) is 6.15. The van der Waals surface area contributed by atoms with E-state index >= 15 is 0 Å². The van der Waals surface area contributed by atoms with Crippen LogP contribution in [0.15, 0.2) is 16.7 Å². The second-order valence-corrected chi connectivity index (χ2v) is 6.15. The van der Waals surface area contributed by atoms with Gasteiger partial charge in [-0.2, -0.15) is 4.39 Å². The molecule has 2 aliphatic rings.